The van der Waals surface area contributed by atoms with Gasteiger partial charge in [-0.15, -0.1) is 6.58 Å². The molecule has 0 saturated carbocycles. The fourth-order valence-electron chi connectivity index (χ4n) is 1.44. The molecule has 0 atom stereocenters. The van der Waals surface area contributed by atoms with Gasteiger partial charge in [0.15, 0.2) is 0 Å². The summed E-state index contributed by atoms with van der Waals surface area (Å²) in [4.78, 5) is 3.64. The highest BCUT2D eigenvalue weighted by Crippen LogP contribution is 2.16. The molecule has 0 heterocycles. The van der Waals surface area contributed by atoms with Crippen LogP contribution in [0.2, 0.25) is 19.1 Å². The summed E-state index contributed by atoms with van der Waals surface area (Å²) in [5.41, 5.74) is 1.24. The minimum atomic E-state index is -1.29. The lowest BCUT2D eigenvalue weighted by Crippen LogP contribution is -2.36. The van der Waals surface area contributed by atoms with E-state index in [1.165, 1.54) is 11.7 Å². The van der Waals surface area contributed by atoms with E-state index in [0.29, 0.717) is 0 Å². The third-order valence-electron chi connectivity index (χ3n) is 2.23. The van der Waals surface area contributed by atoms with Crippen molar-refractivity contribution in [1.82, 2.24) is 0 Å². The average molecular weight is 205 g/mol. The predicted molar refractivity (Wildman–Crippen MR) is 67.2 cm³/mol. The Morgan fingerprint density at radius 1 is 1.29 bits per heavy atom. The van der Waals surface area contributed by atoms with Crippen LogP contribution < -0.4 is 4.98 Å². The smallest absolute Gasteiger partial charge is 0.147 e. The molecule has 2 heteroatoms. The second-order valence-electron chi connectivity index (χ2n) is 4.20. The molecular formula is C12H19NSi. The van der Waals surface area contributed by atoms with Crippen molar-refractivity contribution in [2.45, 2.75) is 25.6 Å². The summed E-state index contributed by atoms with van der Waals surface area (Å²) in [6.45, 7) is 8.47. The standard InChI is InChI=1S/C12H19NSi/c1-4-5-11-14(2,3)13-12-9-7-6-8-10-12/h4,6-10,13H,1,5,11H2,2-3H3. The van der Waals surface area contributed by atoms with Gasteiger partial charge >= 0.3 is 0 Å². The molecule has 0 spiro atoms. The molecule has 14 heavy (non-hydrogen) atoms. The Morgan fingerprint density at radius 3 is 2.50 bits per heavy atom. The van der Waals surface area contributed by atoms with Crippen LogP contribution in [0, 0.1) is 0 Å². The summed E-state index contributed by atoms with van der Waals surface area (Å²) in [7, 11) is -1.29. The molecule has 0 aliphatic carbocycles. The van der Waals surface area contributed by atoms with Crippen molar-refractivity contribution in [3.8, 4) is 0 Å². The van der Waals surface area contributed by atoms with Gasteiger partial charge in [-0.25, -0.2) is 0 Å². The largest absolute Gasteiger partial charge is 0.411 e. The Morgan fingerprint density at radius 2 is 1.93 bits per heavy atom. The second-order valence-corrected chi connectivity index (χ2v) is 8.72. The Bertz CT molecular complexity index is 280. The molecule has 0 unspecified atom stereocenters. The zero-order valence-corrected chi connectivity index (χ0v) is 10.1. The molecule has 1 rings (SSSR count). The number of hydrogen-bond acceptors (Lipinski definition) is 1. The second kappa shape index (κ2) is 5.01. The van der Waals surface area contributed by atoms with Crippen LogP contribution in [0.25, 0.3) is 0 Å². The van der Waals surface area contributed by atoms with Gasteiger partial charge in [0.2, 0.25) is 0 Å². The lowest BCUT2D eigenvalue weighted by Gasteiger charge is -2.24. The molecule has 0 fully saturated rings. The van der Waals surface area contributed by atoms with Gasteiger partial charge in [-0.2, -0.15) is 0 Å². The number of nitrogens with one attached hydrogen (secondary N) is 1. The predicted octanol–water partition coefficient (Wildman–Crippen LogP) is 3.88. The lowest BCUT2D eigenvalue weighted by molar-refractivity contribution is 1.16. The molecule has 1 aromatic carbocycles. The van der Waals surface area contributed by atoms with Crippen molar-refractivity contribution in [2.75, 3.05) is 4.98 Å². The SMILES string of the molecule is C=CCC[Si](C)(C)Nc1ccccc1. The first-order chi connectivity index (χ1) is 6.64. The van der Waals surface area contributed by atoms with Crippen LogP contribution >= 0.6 is 0 Å². The summed E-state index contributed by atoms with van der Waals surface area (Å²) in [6.07, 6.45) is 3.11. The first kappa shape index (κ1) is 11.1. The van der Waals surface area contributed by atoms with Crippen LogP contribution in [0.5, 0.6) is 0 Å². The van der Waals surface area contributed by atoms with Gasteiger partial charge in [-0.05, 0) is 24.6 Å². The summed E-state index contributed by atoms with van der Waals surface area (Å²) >= 11 is 0. The van der Waals surface area contributed by atoms with E-state index in [1.807, 2.05) is 12.1 Å². The molecule has 0 bridgehead atoms. The first-order valence-corrected chi connectivity index (χ1v) is 8.29. The van der Waals surface area contributed by atoms with E-state index in [0.717, 1.165) is 6.42 Å². The number of hydrogen-bond donors (Lipinski definition) is 1. The zero-order valence-electron chi connectivity index (χ0n) is 9.09. The number of anilines is 1. The molecule has 1 nitrogen and oxygen atoms in total. The van der Waals surface area contributed by atoms with Gasteiger partial charge in [-0.3, -0.25) is 0 Å². The topological polar surface area (TPSA) is 12.0 Å². The molecule has 76 valence electrons. The van der Waals surface area contributed by atoms with Crippen LogP contribution in [0.4, 0.5) is 5.69 Å². The Balaban J connectivity index is 2.54. The number of rotatable bonds is 5. The van der Waals surface area contributed by atoms with Gasteiger partial charge in [-0.1, -0.05) is 37.4 Å². The van der Waals surface area contributed by atoms with Crippen LogP contribution in [0.1, 0.15) is 6.42 Å². The van der Waals surface area contributed by atoms with E-state index >= 15 is 0 Å². The highest BCUT2D eigenvalue weighted by atomic mass is 28.3. The lowest BCUT2D eigenvalue weighted by atomic mass is 10.3. The third-order valence-corrected chi connectivity index (χ3v) is 4.73. The zero-order chi connectivity index (χ0) is 10.4. The van der Waals surface area contributed by atoms with Gasteiger partial charge in [0.1, 0.15) is 8.24 Å². The maximum Gasteiger partial charge on any atom is 0.147 e. The Kier molecular flexibility index (Phi) is 3.95. The molecule has 0 aromatic heterocycles. The van der Waals surface area contributed by atoms with Crippen molar-refractivity contribution in [2.24, 2.45) is 0 Å². The molecule has 1 N–H and O–H groups in total. The maximum absolute atomic E-state index is 3.77. The summed E-state index contributed by atoms with van der Waals surface area (Å²) in [6, 6.07) is 11.7. The maximum atomic E-state index is 3.77. The molecule has 0 saturated heterocycles. The van der Waals surface area contributed by atoms with Crippen molar-refractivity contribution in [1.29, 1.82) is 0 Å². The van der Waals surface area contributed by atoms with E-state index in [1.54, 1.807) is 0 Å². The molecule has 0 amide bonds. The summed E-state index contributed by atoms with van der Waals surface area (Å²) in [5.74, 6) is 0. The quantitative estimate of drug-likeness (QED) is 0.568. The van der Waals surface area contributed by atoms with Crippen LogP contribution in [0.15, 0.2) is 43.0 Å². The molecular weight excluding hydrogens is 186 g/mol. The van der Waals surface area contributed by atoms with Crippen LogP contribution in [0.3, 0.4) is 0 Å². The van der Waals surface area contributed by atoms with Crippen LogP contribution in [-0.4, -0.2) is 8.24 Å². The molecule has 0 aliphatic rings. The fraction of sp³-hybridized carbons (Fsp3) is 0.333. The fourth-order valence-corrected chi connectivity index (χ4v) is 3.44. The minimum Gasteiger partial charge on any atom is -0.411 e. The van der Waals surface area contributed by atoms with Crippen LogP contribution in [-0.2, 0) is 0 Å². The van der Waals surface area contributed by atoms with E-state index in [2.05, 4.69) is 48.9 Å². The van der Waals surface area contributed by atoms with E-state index < -0.39 is 8.24 Å². The minimum absolute atomic E-state index is 1.11. The number of para-hydroxylation sites is 1. The van der Waals surface area contributed by atoms with E-state index in [4.69, 9.17) is 0 Å². The first-order valence-electron chi connectivity index (χ1n) is 5.08. The molecule has 0 radical (unpaired) electrons. The highest BCUT2D eigenvalue weighted by Gasteiger charge is 2.19. The summed E-state index contributed by atoms with van der Waals surface area (Å²) < 4.78 is 0. The van der Waals surface area contributed by atoms with Crippen molar-refractivity contribution in [3.63, 3.8) is 0 Å². The van der Waals surface area contributed by atoms with E-state index in [-0.39, 0.29) is 0 Å². The van der Waals surface area contributed by atoms with Crippen molar-refractivity contribution >= 4 is 13.9 Å². The summed E-state index contributed by atoms with van der Waals surface area (Å²) in [5, 5.41) is 0. The van der Waals surface area contributed by atoms with Gasteiger partial charge in [0.05, 0.1) is 0 Å². The van der Waals surface area contributed by atoms with Gasteiger partial charge in [0.25, 0.3) is 0 Å². The van der Waals surface area contributed by atoms with Gasteiger partial charge < -0.3 is 4.98 Å². The van der Waals surface area contributed by atoms with Crippen molar-refractivity contribution in [3.05, 3.63) is 43.0 Å². The highest BCUT2D eigenvalue weighted by molar-refractivity contribution is 6.80. The van der Waals surface area contributed by atoms with E-state index in [9.17, 15) is 0 Å². The third kappa shape index (κ3) is 3.79. The number of allylic oxidation sites excluding steroid dienone is 1. The van der Waals surface area contributed by atoms with Gasteiger partial charge in [0, 0.05) is 5.69 Å². The number of benzene rings is 1. The Labute approximate surface area is 87.9 Å². The van der Waals surface area contributed by atoms with Crippen molar-refractivity contribution < 1.29 is 0 Å². The molecule has 1 aromatic rings. The monoisotopic (exact) mass is 205 g/mol. The average Bonchev–Trinajstić information content (AvgIpc) is 2.16. The normalized spacial score (nSPS) is 11.0. The Hall–Kier alpha value is -1.02. The molecule has 0 aliphatic heterocycles.